The minimum atomic E-state index is 0.144. The quantitative estimate of drug-likeness (QED) is 0.726. The van der Waals surface area contributed by atoms with E-state index in [-0.39, 0.29) is 11.5 Å². The molecule has 0 bridgehead atoms. The van der Waals surface area contributed by atoms with Crippen LogP contribution < -0.4 is 0 Å². The van der Waals surface area contributed by atoms with Crippen molar-refractivity contribution in [3.05, 3.63) is 29.6 Å². The number of rotatable bonds is 1. The maximum Gasteiger partial charge on any atom is 0.235 e. The molecule has 3 nitrogen and oxygen atoms in total. The zero-order valence-corrected chi connectivity index (χ0v) is 10.3. The summed E-state index contributed by atoms with van der Waals surface area (Å²) in [6.07, 6.45) is 0. The SMILES string of the molecule is Cc1cccc(C2=N[C@H](C(C)(C)C)CO2)n1. The summed E-state index contributed by atoms with van der Waals surface area (Å²) in [4.78, 5) is 9.02. The Balaban J connectivity index is 2.25. The fraction of sp³-hybridized carbons (Fsp3) is 0.538. The van der Waals surface area contributed by atoms with Crippen molar-refractivity contribution >= 4 is 5.90 Å². The molecule has 1 aromatic rings. The topological polar surface area (TPSA) is 34.5 Å². The monoisotopic (exact) mass is 218 g/mol. The molecular weight excluding hydrogens is 200 g/mol. The molecule has 1 atom stereocenters. The van der Waals surface area contributed by atoms with Crippen LogP contribution in [0.15, 0.2) is 23.2 Å². The van der Waals surface area contributed by atoms with Crippen LogP contribution in [0.1, 0.15) is 32.2 Å². The summed E-state index contributed by atoms with van der Waals surface area (Å²) in [5, 5.41) is 0. The fourth-order valence-corrected chi connectivity index (χ4v) is 1.62. The normalized spacial score (nSPS) is 20.5. The summed E-state index contributed by atoms with van der Waals surface area (Å²) in [5.74, 6) is 0.684. The molecule has 1 aromatic heterocycles. The molecular formula is C13H18N2O. The van der Waals surface area contributed by atoms with Crippen molar-refractivity contribution in [1.29, 1.82) is 0 Å². The van der Waals surface area contributed by atoms with E-state index in [9.17, 15) is 0 Å². The van der Waals surface area contributed by atoms with E-state index in [1.165, 1.54) is 0 Å². The Labute approximate surface area is 96.6 Å². The second-order valence-corrected chi connectivity index (χ2v) is 5.29. The van der Waals surface area contributed by atoms with Crippen molar-refractivity contribution in [2.24, 2.45) is 10.4 Å². The van der Waals surface area contributed by atoms with Gasteiger partial charge in [0, 0.05) is 5.69 Å². The van der Waals surface area contributed by atoms with Crippen LogP contribution in [0.2, 0.25) is 0 Å². The molecule has 0 N–H and O–H groups in total. The Morgan fingerprint density at radius 3 is 2.62 bits per heavy atom. The van der Waals surface area contributed by atoms with E-state index in [1.807, 2.05) is 25.1 Å². The van der Waals surface area contributed by atoms with Crippen molar-refractivity contribution in [3.8, 4) is 0 Å². The van der Waals surface area contributed by atoms with Crippen LogP contribution in [-0.2, 0) is 4.74 Å². The van der Waals surface area contributed by atoms with Gasteiger partial charge in [0.15, 0.2) is 0 Å². The van der Waals surface area contributed by atoms with Gasteiger partial charge >= 0.3 is 0 Å². The first kappa shape index (κ1) is 11.1. The predicted molar refractivity (Wildman–Crippen MR) is 64.7 cm³/mol. The van der Waals surface area contributed by atoms with Gasteiger partial charge in [0.1, 0.15) is 12.3 Å². The van der Waals surface area contributed by atoms with E-state index in [0.29, 0.717) is 12.5 Å². The molecule has 0 unspecified atom stereocenters. The van der Waals surface area contributed by atoms with Gasteiger partial charge in [-0.25, -0.2) is 9.98 Å². The van der Waals surface area contributed by atoms with Crippen LogP contribution in [-0.4, -0.2) is 23.5 Å². The smallest absolute Gasteiger partial charge is 0.235 e. The lowest BCUT2D eigenvalue weighted by Crippen LogP contribution is -2.25. The molecule has 16 heavy (non-hydrogen) atoms. The van der Waals surface area contributed by atoms with E-state index in [4.69, 9.17) is 4.74 Å². The van der Waals surface area contributed by atoms with Gasteiger partial charge in [0.2, 0.25) is 5.90 Å². The zero-order chi connectivity index (χ0) is 11.8. The molecule has 2 heterocycles. The second-order valence-electron chi connectivity index (χ2n) is 5.29. The molecule has 0 fully saturated rings. The molecule has 1 aliphatic rings. The van der Waals surface area contributed by atoms with Crippen molar-refractivity contribution in [2.75, 3.05) is 6.61 Å². The number of nitrogens with zero attached hydrogens (tertiary/aromatic N) is 2. The Morgan fingerprint density at radius 2 is 2.06 bits per heavy atom. The predicted octanol–water partition coefficient (Wildman–Crippen LogP) is 2.58. The second kappa shape index (κ2) is 3.89. The maximum absolute atomic E-state index is 5.62. The molecule has 0 spiro atoms. The van der Waals surface area contributed by atoms with Gasteiger partial charge in [-0.1, -0.05) is 26.8 Å². The number of aryl methyl sites for hydroxylation is 1. The van der Waals surface area contributed by atoms with E-state index in [0.717, 1.165) is 11.4 Å². The van der Waals surface area contributed by atoms with Crippen LogP contribution in [0.4, 0.5) is 0 Å². The van der Waals surface area contributed by atoms with Gasteiger partial charge in [-0.2, -0.15) is 0 Å². The summed E-state index contributed by atoms with van der Waals surface area (Å²) >= 11 is 0. The third kappa shape index (κ3) is 2.23. The van der Waals surface area contributed by atoms with Gasteiger partial charge in [0.05, 0.1) is 6.04 Å². The molecule has 0 aliphatic carbocycles. The average Bonchev–Trinajstić information content (AvgIpc) is 2.65. The van der Waals surface area contributed by atoms with E-state index < -0.39 is 0 Å². The average molecular weight is 218 g/mol. The molecule has 86 valence electrons. The Kier molecular flexibility index (Phi) is 2.70. The zero-order valence-electron chi connectivity index (χ0n) is 10.3. The lowest BCUT2D eigenvalue weighted by molar-refractivity contribution is 0.235. The summed E-state index contributed by atoms with van der Waals surface area (Å²) in [7, 11) is 0. The van der Waals surface area contributed by atoms with Crippen molar-refractivity contribution in [1.82, 2.24) is 4.98 Å². The molecule has 0 saturated carbocycles. The Morgan fingerprint density at radius 1 is 1.31 bits per heavy atom. The lowest BCUT2D eigenvalue weighted by Gasteiger charge is -2.21. The largest absolute Gasteiger partial charge is 0.474 e. The van der Waals surface area contributed by atoms with E-state index in [1.54, 1.807) is 0 Å². The first-order valence-electron chi connectivity index (χ1n) is 5.61. The number of aromatic nitrogens is 1. The summed E-state index contributed by atoms with van der Waals surface area (Å²) in [6, 6.07) is 6.12. The van der Waals surface area contributed by atoms with Crippen LogP contribution in [0.25, 0.3) is 0 Å². The van der Waals surface area contributed by atoms with Crippen LogP contribution in [0, 0.1) is 12.3 Å². The minimum absolute atomic E-state index is 0.144. The van der Waals surface area contributed by atoms with Crippen molar-refractivity contribution in [3.63, 3.8) is 0 Å². The van der Waals surface area contributed by atoms with Gasteiger partial charge in [-0.15, -0.1) is 0 Å². The van der Waals surface area contributed by atoms with E-state index in [2.05, 4.69) is 30.7 Å². The van der Waals surface area contributed by atoms with E-state index >= 15 is 0 Å². The van der Waals surface area contributed by atoms with Crippen LogP contribution in [0.3, 0.4) is 0 Å². The highest BCUT2D eigenvalue weighted by molar-refractivity contribution is 5.93. The summed E-state index contributed by atoms with van der Waals surface area (Å²) in [6.45, 7) is 9.17. The summed E-state index contributed by atoms with van der Waals surface area (Å²) in [5.41, 5.74) is 1.97. The van der Waals surface area contributed by atoms with Crippen molar-refractivity contribution < 1.29 is 4.74 Å². The van der Waals surface area contributed by atoms with Gasteiger partial charge in [-0.3, -0.25) is 0 Å². The van der Waals surface area contributed by atoms with Gasteiger partial charge in [-0.05, 0) is 24.5 Å². The molecule has 1 aliphatic heterocycles. The van der Waals surface area contributed by atoms with Crippen LogP contribution >= 0.6 is 0 Å². The minimum Gasteiger partial charge on any atom is -0.474 e. The molecule has 0 aromatic carbocycles. The summed E-state index contributed by atoms with van der Waals surface area (Å²) < 4.78 is 5.62. The first-order valence-corrected chi connectivity index (χ1v) is 5.61. The first-order chi connectivity index (χ1) is 7.47. The number of hydrogen-bond acceptors (Lipinski definition) is 3. The highest BCUT2D eigenvalue weighted by Crippen LogP contribution is 2.26. The number of aliphatic imine (C=N–C) groups is 1. The van der Waals surface area contributed by atoms with Crippen LogP contribution in [0.5, 0.6) is 0 Å². The molecule has 3 heteroatoms. The molecule has 0 saturated heterocycles. The fourth-order valence-electron chi connectivity index (χ4n) is 1.62. The number of hydrogen-bond donors (Lipinski definition) is 0. The highest BCUT2D eigenvalue weighted by atomic mass is 16.5. The Hall–Kier alpha value is -1.38. The molecule has 0 amide bonds. The number of pyridine rings is 1. The lowest BCUT2D eigenvalue weighted by atomic mass is 9.88. The standard InChI is InChI=1S/C13H18N2O/c1-9-6-5-7-10(14-9)12-15-11(8-16-12)13(2,3)4/h5-7,11H,8H2,1-4H3/t11-/m0/s1. The Bertz CT molecular complexity index is 418. The maximum atomic E-state index is 5.62. The van der Waals surface area contributed by atoms with Gasteiger partial charge in [0.25, 0.3) is 0 Å². The third-order valence-corrected chi connectivity index (χ3v) is 2.76. The van der Waals surface area contributed by atoms with Gasteiger partial charge < -0.3 is 4.74 Å². The number of ether oxygens (including phenoxy) is 1. The van der Waals surface area contributed by atoms with Crippen molar-refractivity contribution in [2.45, 2.75) is 33.7 Å². The third-order valence-electron chi connectivity index (χ3n) is 2.76. The molecule has 0 radical (unpaired) electrons. The highest BCUT2D eigenvalue weighted by Gasteiger charge is 2.30. The molecule has 2 rings (SSSR count).